The minimum atomic E-state index is -1.43. The van der Waals surface area contributed by atoms with Crippen molar-refractivity contribution in [1.29, 1.82) is 0 Å². The van der Waals surface area contributed by atoms with Gasteiger partial charge in [-0.05, 0) is 54.7 Å². The van der Waals surface area contributed by atoms with Crippen LogP contribution < -0.4 is 21.7 Å². The minimum absolute atomic E-state index is 0.0337. The molecule has 1 fully saturated rings. The van der Waals surface area contributed by atoms with Gasteiger partial charge in [0, 0.05) is 39.7 Å². The Bertz CT molecular complexity index is 1590. The maximum absolute atomic E-state index is 15.9. The molecule has 1 unspecified atom stereocenters. The number of nitrogens with two attached hydrogens (primary N) is 1. The van der Waals surface area contributed by atoms with E-state index >= 15 is 8.78 Å². The van der Waals surface area contributed by atoms with E-state index in [0.29, 0.717) is 12.1 Å². The summed E-state index contributed by atoms with van der Waals surface area (Å²) in [6, 6.07) is 10.1. The third-order valence-corrected chi connectivity index (χ3v) is 8.20. The number of fused-ring (bicyclic) bond motifs is 2. The molecule has 41 heavy (non-hydrogen) atoms. The van der Waals surface area contributed by atoms with E-state index < -0.39 is 46.9 Å². The highest BCUT2D eigenvalue weighted by atomic mass is 35.5. The second-order valence-corrected chi connectivity index (χ2v) is 12.5. The second kappa shape index (κ2) is 10.4. The number of anilines is 2. The number of amides is 3. The fraction of sp³-hybridized carbons (Fsp3) is 0.300. The maximum atomic E-state index is 15.9. The van der Waals surface area contributed by atoms with Crippen molar-refractivity contribution in [3.63, 3.8) is 0 Å². The number of hydrogen-bond donors (Lipinski definition) is 4. The largest absolute Gasteiger partial charge is 0.366 e. The average molecular weight is 601 g/mol. The van der Waals surface area contributed by atoms with Gasteiger partial charge in [-0.1, -0.05) is 56.1 Å². The topological polar surface area (TPSA) is 113 Å². The summed E-state index contributed by atoms with van der Waals surface area (Å²) in [5.41, 5.74) is 4.43. The highest BCUT2D eigenvalue weighted by Gasteiger charge is 2.60. The lowest BCUT2D eigenvalue weighted by Crippen LogP contribution is -2.48. The summed E-state index contributed by atoms with van der Waals surface area (Å²) in [5.74, 6) is -3.21. The number of rotatable bonds is 5. The first kappa shape index (κ1) is 29.0. The summed E-state index contributed by atoms with van der Waals surface area (Å²) >= 11 is 12.3. The lowest BCUT2D eigenvalue weighted by Gasteiger charge is -2.34. The lowest BCUT2D eigenvalue weighted by atomic mass is 9.68. The molecule has 1 saturated heterocycles. The molecule has 0 saturated carbocycles. The molecule has 2 aliphatic rings. The van der Waals surface area contributed by atoms with Gasteiger partial charge in [-0.25, -0.2) is 8.78 Å². The van der Waals surface area contributed by atoms with E-state index in [1.807, 2.05) is 20.8 Å². The van der Waals surface area contributed by atoms with Gasteiger partial charge in [0.15, 0.2) is 0 Å². The van der Waals surface area contributed by atoms with Crippen LogP contribution in [0.2, 0.25) is 10.0 Å². The van der Waals surface area contributed by atoms with Gasteiger partial charge in [0.05, 0.1) is 21.5 Å². The van der Waals surface area contributed by atoms with Crippen LogP contribution in [0, 0.1) is 17.0 Å². The summed E-state index contributed by atoms with van der Waals surface area (Å²) in [4.78, 5) is 38.8. The van der Waals surface area contributed by atoms with Gasteiger partial charge >= 0.3 is 0 Å². The predicted octanol–water partition coefficient (Wildman–Crippen LogP) is 6.03. The van der Waals surface area contributed by atoms with Crippen LogP contribution in [0.3, 0.4) is 0 Å². The van der Waals surface area contributed by atoms with E-state index in [0.717, 1.165) is 0 Å². The zero-order chi connectivity index (χ0) is 29.9. The predicted molar refractivity (Wildman–Crippen MR) is 155 cm³/mol. The molecule has 7 nitrogen and oxygen atoms in total. The Morgan fingerprint density at radius 2 is 1.76 bits per heavy atom. The van der Waals surface area contributed by atoms with Crippen LogP contribution in [0.25, 0.3) is 11.1 Å². The van der Waals surface area contributed by atoms with E-state index in [4.69, 9.17) is 28.9 Å². The Balaban J connectivity index is 1.63. The van der Waals surface area contributed by atoms with Gasteiger partial charge in [0.2, 0.25) is 17.7 Å². The number of nitrogens with one attached hydrogen (secondary N) is 3. The minimum Gasteiger partial charge on any atom is -0.366 e. The smallest absolute Gasteiger partial charge is 0.248 e. The molecular formula is C30H28Cl2F2N4O3. The molecular weight excluding hydrogens is 573 g/mol. The van der Waals surface area contributed by atoms with E-state index in [1.54, 1.807) is 12.1 Å². The van der Waals surface area contributed by atoms with E-state index in [9.17, 15) is 14.4 Å². The van der Waals surface area contributed by atoms with Crippen LogP contribution in [0.15, 0.2) is 48.5 Å². The van der Waals surface area contributed by atoms with Crippen LogP contribution >= 0.6 is 23.2 Å². The summed E-state index contributed by atoms with van der Waals surface area (Å²) in [5, 5.41) is 8.44. The van der Waals surface area contributed by atoms with Gasteiger partial charge in [-0.15, -0.1) is 0 Å². The highest BCUT2D eigenvalue weighted by molar-refractivity contribution is 6.32. The number of carbonyl (C=O) groups excluding carboxylic acids is 3. The Hall–Kier alpha value is -3.53. The van der Waals surface area contributed by atoms with Gasteiger partial charge < -0.3 is 21.7 Å². The first-order valence-electron chi connectivity index (χ1n) is 13.0. The SMILES string of the molecule is CC(C)(C)C[C@H]1N[C@H](C(=O)Nc2ccc(C(N)=O)cc2)CC12C(=O)Nc1cc(Cl)c(F)c(-c3cccc(Cl)c3F)c12. The third kappa shape index (κ3) is 5.07. The number of carbonyl (C=O) groups is 3. The van der Waals surface area contributed by atoms with Crippen LogP contribution in [-0.2, 0) is 15.0 Å². The molecule has 0 bridgehead atoms. The van der Waals surface area contributed by atoms with Crippen molar-refractivity contribution in [3.8, 4) is 11.1 Å². The Kier molecular flexibility index (Phi) is 7.34. The first-order chi connectivity index (χ1) is 19.2. The lowest BCUT2D eigenvalue weighted by molar-refractivity contribution is -0.121. The molecule has 5 rings (SSSR count). The Morgan fingerprint density at radius 1 is 1.07 bits per heavy atom. The molecule has 0 aromatic heterocycles. The molecule has 1 spiro atoms. The average Bonchev–Trinajstić information content (AvgIpc) is 3.39. The molecule has 11 heteroatoms. The summed E-state index contributed by atoms with van der Waals surface area (Å²) in [6.07, 6.45) is 0.396. The number of benzene rings is 3. The Labute approximate surface area is 245 Å². The van der Waals surface area contributed by atoms with Crippen molar-refractivity contribution in [2.75, 3.05) is 10.6 Å². The fourth-order valence-electron chi connectivity index (χ4n) is 5.88. The summed E-state index contributed by atoms with van der Waals surface area (Å²) in [6.45, 7) is 5.97. The molecule has 2 aliphatic heterocycles. The van der Waals surface area contributed by atoms with Crippen molar-refractivity contribution in [2.24, 2.45) is 11.1 Å². The number of halogens is 4. The van der Waals surface area contributed by atoms with E-state index in [2.05, 4.69) is 16.0 Å². The van der Waals surface area contributed by atoms with Crippen molar-refractivity contribution in [1.82, 2.24) is 5.32 Å². The second-order valence-electron chi connectivity index (χ2n) is 11.7. The van der Waals surface area contributed by atoms with E-state index in [-0.39, 0.29) is 49.8 Å². The summed E-state index contributed by atoms with van der Waals surface area (Å²) < 4.78 is 31.3. The van der Waals surface area contributed by atoms with Gasteiger partial charge in [-0.2, -0.15) is 0 Å². The molecule has 3 atom stereocenters. The maximum Gasteiger partial charge on any atom is 0.248 e. The van der Waals surface area contributed by atoms with Gasteiger partial charge in [0.25, 0.3) is 0 Å². The van der Waals surface area contributed by atoms with Crippen LogP contribution in [0.4, 0.5) is 20.2 Å². The normalized spacial score (nSPS) is 21.6. The number of hydrogen-bond acceptors (Lipinski definition) is 4. The summed E-state index contributed by atoms with van der Waals surface area (Å²) in [7, 11) is 0. The molecule has 3 amide bonds. The monoisotopic (exact) mass is 600 g/mol. The Morgan fingerprint density at radius 3 is 2.39 bits per heavy atom. The van der Waals surface area contributed by atoms with Crippen molar-refractivity contribution >= 4 is 52.3 Å². The van der Waals surface area contributed by atoms with E-state index in [1.165, 1.54) is 36.4 Å². The standard InChI is InChI=1S/C30H28Cl2F2N4O3/c1-29(2,3)13-21-30(12-20(37-21)27(40)36-15-9-7-14(8-10-15)26(35)39)23-19(38-28(30)41)11-18(32)25(34)22(23)16-5-4-6-17(31)24(16)33/h4-11,20-21,37H,12-13H2,1-3H3,(H2,35,39)(H,36,40)(H,38,41)/t20-,21+,30?/m0/s1. The molecule has 5 N–H and O–H groups in total. The van der Waals surface area contributed by atoms with Crippen LogP contribution in [-0.4, -0.2) is 29.8 Å². The van der Waals surface area contributed by atoms with Crippen LogP contribution in [0.5, 0.6) is 0 Å². The molecule has 2 heterocycles. The van der Waals surface area contributed by atoms with Crippen molar-refractivity contribution in [3.05, 3.63) is 81.3 Å². The molecule has 3 aromatic rings. The zero-order valence-corrected chi connectivity index (χ0v) is 24.0. The molecule has 0 radical (unpaired) electrons. The molecule has 214 valence electrons. The van der Waals surface area contributed by atoms with Gasteiger partial charge in [-0.3, -0.25) is 14.4 Å². The molecule has 3 aromatic carbocycles. The van der Waals surface area contributed by atoms with Crippen molar-refractivity contribution < 1.29 is 23.2 Å². The van der Waals surface area contributed by atoms with Crippen LogP contribution in [0.1, 0.15) is 49.5 Å². The number of primary amides is 1. The fourth-order valence-corrected chi connectivity index (χ4v) is 6.26. The van der Waals surface area contributed by atoms with Gasteiger partial charge in [0.1, 0.15) is 11.6 Å². The third-order valence-electron chi connectivity index (χ3n) is 7.63. The molecule has 0 aliphatic carbocycles. The first-order valence-corrected chi connectivity index (χ1v) is 13.7. The van der Waals surface area contributed by atoms with Crippen molar-refractivity contribution in [2.45, 2.75) is 51.1 Å². The zero-order valence-electron chi connectivity index (χ0n) is 22.5. The quantitative estimate of drug-likeness (QED) is 0.286. The highest BCUT2D eigenvalue weighted by Crippen LogP contribution is 2.55.